The molecule has 1 saturated heterocycles. The maximum atomic E-state index is 12.8. The summed E-state index contributed by atoms with van der Waals surface area (Å²) in [5.74, 6) is 0.156. The largest absolute Gasteiger partial charge is 0.383 e. The van der Waals surface area contributed by atoms with Gasteiger partial charge in [-0.05, 0) is 43.2 Å². The highest BCUT2D eigenvalue weighted by Gasteiger charge is 2.25. The van der Waals surface area contributed by atoms with E-state index in [2.05, 4.69) is 19.0 Å². The Bertz CT molecular complexity index is 1030. The van der Waals surface area contributed by atoms with Crippen LogP contribution in [0.2, 0.25) is 0 Å². The van der Waals surface area contributed by atoms with Crippen molar-refractivity contribution in [2.24, 2.45) is 0 Å². The number of nitrogens with zero attached hydrogens (tertiary/aromatic N) is 4. The molecule has 1 N–H and O–H groups in total. The number of rotatable bonds is 6. The quantitative estimate of drug-likeness (QED) is 0.610. The van der Waals surface area contributed by atoms with Crippen molar-refractivity contribution in [3.05, 3.63) is 53.3 Å². The van der Waals surface area contributed by atoms with Crippen LogP contribution in [-0.2, 0) is 4.74 Å². The van der Waals surface area contributed by atoms with Crippen molar-refractivity contribution >= 4 is 34.6 Å². The van der Waals surface area contributed by atoms with Crippen molar-refractivity contribution in [2.75, 3.05) is 33.4 Å². The highest BCUT2D eigenvalue weighted by Crippen LogP contribution is 2.28. The van der Waals surface area contributed by atoms with Crippen LogP contribution in [0.15, 0.2) is 36.5 Å². The Hall–Kier alpha value is -2.91. The number of benzene rings is 1. The van der Waals surface area contributed by atoms with E-state index in [1.54, 1.807) is 19.4 Å². The number of amides is 2. The number of ether oxygens (including phenoxy) is 1. The topological polar surface area (TPSA) is 97.3 Å². The fraction of sp³-hybridized carbons (Fsp3) is 0.381. The molecule has 30 heavy (non-hydrogen) atoms. The Morgan fingerprint density at radius 2 is 1.90 bits per heavy atom. The number of carbonyl (C=O) groups is 2. The third-order valence-corrected chi connectivity index (χ3v) is 5.90. The van der Waals surface area contributed by atoms with Gasteiger partial charge in [-0.25, -0.2) is 0 Å². The Kier molecular flexibility index (Phi) is 6.29. The number of methoxy groups -OCH3 is 1. The first-order valence-corrected chi connectivity index (χ1v) is 10.6. The molecule has 1 aromatic carbocycles. The number of nitrogens with one attached hydrogen (secondary N) is 1. The SMILES string of the molecule is COCCNC(=O)c1ccc(C2CCN(C(=O)c3ccc4nsnc4c3)CC2)nc1. The predicted molar refractivity (Wildman–Crippen MR) is 114 cm³/mol. The Morgan fingerprint density at radius 1 is 1.13 bits per heavy atom. The number of carbonyl (C=O) groups excluding carboxylic acids is 2. The van der Waals surface area contributed by atoms with E-state index in [1.165, 1.54) is 0 Å². The van der Waals surface area contributed by atoms with Crippen molar-refractivity contribution in [3.8, 4) is 0 Å². The van der Waals surface area contributed by atoms with E-state index >= 15 is 0 Å². The highest BCUT2D eigenvalue weighted by molar-refractivity contribution is 7.00. The molecule has 0 unspecified atom stereocenters. The summed E-state index contributed by atoms with van der Waals surface area (Å²) < 4.78 is 13.3. The highest BCUT2D eigenvalue weighted by atomic mass is 32.1. The molecule has 3 heterocycles. The molecule has 1 fully saturated rings. The van der Waals surface area contributed by atoms with E-state index in [-0.39, 0.29) is 17.7 Å². The van der Waals surface area contributed by atoms with E-state index in [1.807, 2.05) is 29.2 Å². The van der Waals surface area contributed by atoms with Crippen LogP contribution in [0.3, 0.4) is 0 Å². The first-order valence-electron chi connectivity index (χ1n) is 9.90. The molecule has 156 valence electrons. The summed E-state index contributed by atoms with van der Waals surface area (Å²) >= 11 is 1.15. The zero-order valence-corrected chi connectivity index (χ0v) is 17.5. The van der Waals surface area contributed by atoms with Gasteiger partial charge in [0, 0.05) is 50.1 Å². The summed E-state index contributed by atoms with van der Waals surface area (Å²) in [6.07, 6.45) is 3.31. The molecule has 0 spiro atoms. The van der Waals surface area contributed by atoms with E-state index in [9.17, 15) is 9.59 Å². The van der Waals surface area contributed by atoms with Crippen molar-refractivity contribution in [1.82, 2.24) is 23.9 Å². The van der Waals surface area contributed by atoms with Crippen LogP contribution in [0.1, 0.15) is 45.2 Å². The second kappa shape index (κ2) is 9.27. The molecule has 0 bridgehead atoms. The Labute approximate surface area is 178 Å². The second-order valence-electron chi connectivity index (χ2n) is 7.25. The van der Waals surface area contributed by atoms with E-state index in [0.717, 1.165) is 41.3 Å². The molecule has 0 aliphatic carbocycles. The molecule has 2 amide bonds. The van der Waals surface area contributed by atoms with Gasteiger partial charge in [-0.3, -0.25) is 14.6 Å². The average molecular weight is 426 g/mol. The van der Waals surface area contributed by atoms with Gasteiger partial charge in [0.1, 0.15) is 11.0 Å². The predicted octanol–water partition coefficient (Wildman–Crippen LogP) is 2.48. The lowest BCUT2D eigenvalue weighted by Gasteiger charge is -2.31. The van der Waals surface area contributed by atoms with Gasteiger partial charge in [-0.15, -0.1) is 0 Å². The standard InChI is InChI=1S/C21H23N5O3S/c1-29-11-8-22-20(27)16-3-4-17(23-13-16)14-6-9-26(10-7-14)21(28)15-2-5-18-19(12-15)25-30-24-18/h2-5,12-14H,6-11H2,1H3,(H,22,27). The fourth-order valence-electron chi connectivity index (χ4n) is 3.63. The molecular weight excluding hydrogens is 402 g/mol. The lowest BCUT2D eigenvalue weighted by Crippen LogP contribution is -2.38. The number of pyridine rings is 1. The summed E-state index contributed by atoms with van der Waals surface area (Å²) in [6.45, 7) is 2.30. The van der Waals surface area contributed by atoms with Gasteiger partial charge in [0.25, 0.3) is 11.8 Å². The minimum absolute atomic E-state index is 0.0272. The summed E-state index contributed by atoms with van der Waals surface area (Å²) in [4.78, 5) is 31.3. The number of hydrogen-bond donors (Lipinski definition) is 1. The van der Waals surface area contributed by atoms with Gasteiger partial charge in [0.2, 0.25) is 0 Å². The van der Waals surface area contributed by atoms with Crippen LogP contribution in [0.25, 0.3) is 11.0 Å². The Morgan fingerprint density at radius 3 is 2.63 bits per heavy atom. The Balaban J connectivity index is 1.33. The number of likely N-dealkylation sites (tertiary alicyclic amines) is 1. The zero-order valence-electron chi connectivity index (χ0n) is 16.7. The molecule has 3 aromatic rings. The molecule has 0 saturated carbocycles. The molecule has 1 aliphatic heterocycles. The third-order valence-electron chi connectivity index (χ3n) is 5.34. The van der Waals surface area contributed by atoms with E-state index < -0.39 is 0 Å². The van der Waals surface area contributed by atoms with Crippen molar-refractivity contribution in [3.63, 3.8) is 0 Å². The van der Waals surface area contributed by atoms with Crippen molar-refractivity contribution < 1.29 is 14.3 Å². The smallest absolute Gasteiger partial charge is 0.253 e. The number of hydrogen-bond acceptors (Lipinski definition) is 7. The molecular formula is C21H23N5O3S. The minimum Gasteiger partial charge on any atom is -0.383 e. The van der Waals surface area contributed by atoms with Crippen LogP contribution in [0.4, 0.5) is 0 Å². The van der Waals surface area contributed by atoms with Gasteiger partial charge < -0.3 is 15.0 Å². The molecule has 1 aliphatic rings. The molecule has 0 radical (unpaired) electrons. The maximum absolute atomic E-state index is 12.8. The van der Waals surface area contributed by atoms with E-state index in [4.69, 9.17) is 4.74 Å². The van der Waals surface area contributed by atoms with Gasteiger partial charge in [-0.2, -0.15) is 8.75 Å². The second-order valence-corrected chi connectivity index (χ2v) is 7.78. The number of piperidine rings is 1. The lowest BCUT2D eigenvalue weighted by atomic mass is 9.92. The number of aromatic nitrogens is 3. The van der Waals surface area contributed by atoms with Gasteiger partial charge in [0.05, 0.1) is 23.9 Å². The van der Waals surface area contributed by atoms with Crippen LogP contribution >= 0.6 is 11.7 Å². The minimum atomic E-state index is -0.154. The first-order chi connectivity index (χ1) is 14.7. The van der Waals surface area contributed by atoms with Gasteiger partial charge >= 0.3 is 0 Å². The van der Waals surface area contributed by atoms with Crippen molar-refractivity contribution in [1.29, 1.82) is 0 Å². The van der Waals surface area contributed by atoms with Crippen LogP contribution in [0.5, 0.6) is 0 Å². The molecule has 9 heteroatoms. The molecule has 8 nitrogen and oxygen atoms in total. The molecule has 4 rings (SSSR count). The van der Waals surface area contributed by atoms with Gasteiger partial charge in [0.15, 0.2) is 0 Å². The average Bonchev–Trinajstić information content (AvgIpc) is 3.27. The van der Waals surface area contributed by atoms with Crippen LogP contribution in [-0.4, -0.2) is 63.8 Å². The van der Waals surface area contributed by atoms with Crippen LogP contribution < -0.4 is 5.32 Å². The van der Waals surface area contributed by atoms with E-state index in [0.29, 0.717) is 37.4 Å². The molecule has 0 atom stereocenters. The van der Waals surface area contributed by atoms with Gasteiger partial charge in [-0.1, -0.05) is 0 Å². The lowest BCUT2D eigenvalue weighted by molar-refractivity contribution is 0.0712. The third kappa shape index (κ3) is 4.47. The maximum Gasteiger partial charge on any atom is 0.253 e. The summed E-state index contributed by atoms with van der Waals surface area (Å²) in [5, 5.41) is 2.79. The monoisotopic (exact) mass is 425 g/mol. The molecule has 2 aromatic heterocycles. The fourth-order valence-corrected chi connectivity index (χ4v) is 4.14. The van der Waals surface area contributed by atoms with Crippen LogP contribution in [0, 0.1) is 0 Å². The normalized spacial score (nSPS) is 14.8. The van der Waals surface area contributed by atoms with Crippen molar-refractivity contribution in [2.45, 2.75) is 18.8 Å². The summed E-state index contributed by atoms with van der Waals surface area (Å²) in [7, 11) is 1.60. The first kappa shape index (κ1) is 20.4. The summed E-state index contributed by atoms with van der Waals surface area (Å²) in [5.41, 5.74) is 3.73. The number of fused-ring (bicyclic) bond motifs is 1. The summed E-state index contributed by atoms with van der Waals surface area (Å²) in [6, 6.07) is 9.19. The zero-order chi connectivity index (χ0) is 20.9.